The van der Waals surface area contributed by atoms with Crippen LogP contribution < -0.4 is 0 Å². The van der Waals surface area contributed by atoms with Crippen LogP contribution in [-0.2, 0) is 17.6 Å². The van der Waals surface area contributed by atoms with Crippen molar-refractivity contribution in [1.82, 2.24) is 41.2 Å². The van der Waals surface area contributed by atoms with Gasteiger partial charge in [0.05, 0.1) is 13.2 Å². The maximum Gasteiger partial charge on any atom is 0.176 e. The molecule has 0 saturated carbocycles. The van der Waals surface area contributed by atoms with E-state index in [2.05, 4.69) is 41.2 Å². The molecule has 2 rings (SSSR count). The van der Waals surface area contributed by atoms with Crippen LogP contribution >= 0.6 is 0 Å². The van der Waals surface area contributed by atoms with Crippen LogP contribution in [-0.4, -0.2) is 54.5 Å². The highest BCUT2D eigenvalue weighted by atomic mass is 16.5. The largest absolute Gasteiger partial charge is 0.381 e. The summed E-state index contributed by atoms with van der Waals surface area (Å²) in [7, 11) is 0. The maximum atomic E-state index is 5.34. The second-order valence-corrected chi connectivity index (χ2v) is 2.77. The summed E-state index contributed by atoms with van der Waals surface area (Å²) in [6, 6.07) is 0. The number of aromatic nitrogens is 8. The highest BCUT2D eigenvalue weighted by Crippen LogP contribution is 1.90. The second-order valence-electron chi connectivity index (χ2n) is 2.77. The molecule has 2 aromatic heterocycles. The Kier molecular flexibility index (Phi) is 3.28. The highest BCUT2D eigenvalue weighted by molar-refractivity contribution is 4.76. The van der Waals surface area contributed by atoms with E-state index in [1.807, 2.05) is 0 Å². The molecule has 2 aromatic rings. The Labute approximate surface area is 84.6 Å². The second kappa shape index (κ2) is 5.10. The third kappa shape index (κ3) is 3.06. The first-order valence-electron chi connectivity index (χ1n) is 4.47. The number of tetrazole rings is 2. The fourth-order valence-electron chi connectivity index (χ4n) is 1.01. The van der Waals surface area contributed by atoms with Crippen molar-refractivity contribution in [3.8, 4) is 0 Å². The van der Waals surface area contributed by atoms with Gasteiger partial charge in [-0.15, -0.1) is 20.4 Å². The van der Waals surface area contributed by atoms with E-state index in [1.54, 1.807) is 0 Å². The lowest BCUT2D eigenvalue weighted by Gasteiger charge is -1.98. The highest BCUT2D eigenvalue weighted by Gasteiger charge is 2.00. The van der Waals surface area contributed by atoms with Crippen molar-refractivity contribution >= 4 is 0 Å². The van der Waals surface area contributed by atoms with Gasteiger partial charge in [-0.05, 0) is 0 Å². The SMILES string of the molecule is C(Cc1nn[nH]n1)OCCc1nn[nH]n1. The van der Waals surface area contributed by atoms with Gasteiger partial charge in [0, 0.05) is 12.8 Å². The number of hydrogen-bond donors (Lipinski definition) is 2. The molecular formula is C6H10N8O. The minimum atomic E-state index is 0.553. The van der Waals surface area contributed by atoms with E-state index in [-0.39, 0.29) is 0 Å². The Hall–Kier alpha value is -1.90. The monoisotopic (exact) mass is 210 g/mol. The molecule has 0 unspecified atom stereocenters. The number of nitrogens with zero attached hydrogens (tertiary/aromatic N) is 6. The van der Waals surface area contributed by atoms with Gasteiger partial charge in [-0.25, -0.2) is 0 Å². The molecule has 80 valence electrons. The maximum absolute atomic E-state index is 5.34. The summed E-state index contributed by atoms with van der Waals surface area (Å²) in [6.07, 6.45) is 1.28. The molecule has 0 aliphatic heterocycles. The third-order valence-corrected chi connectivity index (χ3v) is 1.72. The van der Waals surface area contributed by atoms with Crippen LogP contribution in [0.4, 0.5) is 0 Å². The van der Waals surface area contributed by atoms with Gasteiger partial charge in [0.2, 0.25) is 0 Å². The fraction of sp³-hybridized carbons (Fsp3) is 0.667. The topological polar surface area (TPSA) is 118 Å². The van der Waals surface area contributed by atoms with Gasteiger partial charge in [-0.2, -0.15) is 10.4 Å². The normalized spacial score (nSPS) is 10.7. The lowest BCUT2D eigenvalue weighted by atomic mass is 10.4. The van der Waals surface area contributed by atoms with Crippen molar-refractivity contribution < 1.29 is 4.74 Å². The van der Waals surface area contributed by atoms with Crippen LogP contribution in [0.1, 0.15) is 11.6 Å². The van der Waals surface area contributed by atoms with Crippen molar-refractivity contribution in [3.63, 3.8) is 0 Å². The number of H-pyrrole nitrogens is 2. The van der Waals surface area contributed by atoms with E-state index >= 15 is 0 Å². The Balaban J connectivity index is 1.56. The predicted octanol–water partition coefficient (Wildman–Crippen LogP) is -1.49. The molecule has 0 amide bonds. The average molecular weight is 210 g/mol. The minimum Gasteiger partial charge on any atom is -0.381 e. The summed E-state index contributed by atoms with van der Waals surface area (Å²) in [5.74, 6) is 1.30. The Bertz CT molecular complexity index is 320. The van der Waals surface area contributed by atoms with Gasteiger partial charge in [0.1, 0.15) is 0 Å². The number of ether oxygens (including phenoxy) is 1. The van der Waals surface area contributed by atoms with Crippen molar-refractivity contribution in [2.75, 3.05) is 13.2 Å². The standard InChI is InChI=1S/C6H10N8O/c1(5-7-11-12-8-5)3-15-4-2-6-9-13-14-10-6/h1-4H2,(H,7,8,11,12)(H,9,10,13,14). The van der Waals surface area contributed by atoms with Gasteiger partial charge < -0.3 is 4.74 Å². The van der Waals surface area contributed by atoms with Gasteiger partial charge in [-0.3, -0.25) is 0 Å². The van der Waals surface area contributed by atoms with E-state index in [9.17, 15) is 0 Å². The zero-order valence-corrected chi connectivity index (χ0v) is 7.92. The fourth-order valence-corrected chi connectivity index (χ4v) is 1.01. The van der Waals surface area contributed by atoms with Crippen molar-refractivity contribution in [1.29, 1.82) is 0 Å². The first kappa shape index (κ1) is 9.65. The Morgan fingerprint density at radius 2 is 1.40 bits per heavy atom. The molecule has 0 spiro atoms. The number of rotatable bonds is 6. The molecule has 0 bridgehead atoms. The first-order chi connectivity index (χ1) is 7.45. The van der Waals surface area contributed by atoms with Crippen LogP contribution in [0.15, 0.2) is 0 Å². The van der Waals surface area contributed by atoms with E-state index in [4.69, 9.17) is 4.74 Å². The third-order valence-electron chi connectivity index (χ3n) is 1.72. The lowest BCUT2D eigenvalue weighted by Crippen LogP contribution is -2.04. The molecule has 2 N–H and O–H groups in total. The Morgan fingerprint density at radius 1 is 0.867 bits per heavy atom. The summed E-state index contributed by atoms with van der Waals surface area (Å²) >= 11 is 0. The van der Waals surface area contributed by atoms with Crippen molar-refractivity contribution in [2.45, 2.75) is 12.8 Å². The van der Waals surface area contributed by atoms with Gasteiger partial charge >= 0.3 is 0 Å². The van der Waals surface area contributed by atoms with E-state index < -0.39 is 0 Å². The van der Waals surface area contributed by atoms with Crippen LogP contribution in [0.3, 0.4) is 0 Å². The smallest absolute Gasteiger partial charge is 0.176 e. The molecule has 0 fully saturated rings. The molecular weight excluding hydrogens is 200 g/mol. The molecule has 0 aliphatic carbocycles. The Morgan fingerprint density at radius 3 is 1.80 bits per heavy atom. The molecule has 9 heteroatoms. The van der Waals surface area contributed by atoms with Gasteiger partial charge in [0.25, 0.3) is 0 Å². The summed E-state index contributed by atoms with van der Waals surface area (Å²) < 4.78 is 5.34. The van der Waals surface area contributed by atoms with Crippen LogP contribution in [0.5, 0.6) is 0 Å². The van der Waals surface area contributed by atoms with E-state index in [1.165, 1.54) is 0 Å². The molecule has 0 aromatic carbocycles. The molecule has 0 atom stereocenters. The van der Waals surface area contributed by atoms with Gasteiger partial charge in [-0.1, -0.05) is 10.4 Å². The minimum absolute atomic E-state index is 0.553. The van der Waals surface area contributed by atoms with Crippen LogP contribution in [0.25, 0.3) is 0 Å². The predicted molar refractivity (Wildman–Crippen MR) is 46.6 cm³/mol. The zero-order valence-electron chi connectivity index (χ0n) is 7.92. The molecule has 0 saturated heterocycles. The van der Waals surface area contributed by atoms with E-state index in [0.29, 0.717) is 37.7 Å². The quantitative estimate of drug-likeness (QED) is 0.558. The number of aromatic amines is 2. The first-order valence-corrected chi connectivity index (χ1v) is 4.47. The van der Waals surface area contributed by atoms with Crippen molar-refractivity contribution in [2.24, 2.45) is 0 Å². The molecule has 9 nitrogen and oxygen atoms in total. The average Bonchev–Trinajstić information content (AvgIpc) is 2.88. The number of hydrogen-bond acceptors (Lipinski definition) is 7. The zero-order chi connectivity index (χ0) is 10.3. The molecule has 0 radical (unpaired) electrons. The van der Waals surface area contributed by atoms with Gasteiger partial charge in [0.15, 0.2) is 11.6 Å². The lowest BCUT2D eigenvalue weighted by molar-refractivity contribution is 0.138. The van der Waals surface area contributed by atoms with Crippen molar-refractivity contribution in [3.05, 3.63) is 11.6 Å². The summed E-state index contributed by atoms with van der Waals surface area (Å²) in [5, 5.41) is 26.8. The summed E-state index contributed by atoms with van der Waals surface area (Å²) in [4.78, 5) is 0. The van der Waals surface area contributed by atoms with Crippen LogP contribution in [0.2, 0.25) is 0 Å². The summed E-state index contributed by atoms with van der Waals surface area (Å²) in [6.45, 7) is 1.11. The molecule has 2 heterocycles. The van der Waals surface area contributed by atoms with E-state index in [0.717, 1.165) is 0 Å². The van der Waals surface area contributed by atoms with Crippen LogP contribution in [0, 0.1) is 0 Å². The number of nitrogens with one attached hydrogen (secondary N) is 2. The molecule has 0 aliphatic rings. The summed E-state index contributed by atoms with van der Waals surface area (Å²) in [5.41, 5.74) is 0. The molecule has 15 heavy (non-hydrogen) atoms.